The van der Waals surface area contributed by atoms with Crippen molar-refractivity contribution in [3.63, 3.8) is 0 Å². The molecular weight excluding hydrogens is 414 g/mol. The maximum atomic E-state index is 12.8. The van der Waals surface area contributed by atoms with Crippen molar-refractivity contribution in [2.75, 3.05) is 12.9 Å². The molecule has 0 spiro atoms. The van der Waals surface area contributed by atoms with E-state index in [4.69, 9.17) is 9.73 Å². The highest BCUT2D eigenvalue weighted by atomic mass is 32.2. The number of amides is 1. The number of ether oxygens (including phenoxy) is 1. The Morgan fingerprint density at radius 3 is 2.53 bits per heavy atom. The quantitative estimate of drug-likeness (QED) is 0.629. The Morgan fingerprint density at radius 1 is 1.00 bits per heavy atom. The summed E-state index contributed by atoms with van der Waals surface area (Å²) in [5, 5.41) is 1.56. The monoisotopic (exact) mass is 433 g/mol. The van der Waals surface area contributed by atoms with Crippen LogP contribution in [0.5, 0.6) is 5.75 Å². The lowest BCUT2D eigenvalue weighted by atomic mass is 10.2. The number of hydrazine groups is 1. The van der Waals surface area contributed by atoms with E-state index in [2.05, 4.69) is 17.6 Å². The number of thioether (sulfide) groups is 1. The van der Waals surface area contributed by atoms with Gasteiger partial charge in [0.25, 0.3) is 5.91 Å². The van der Waals surface area contributed by atoms with Crippen LogP contribution in [0.1, 0.15) is 16.5 Å². The minimum absolute atomic E-state index is 0.0335. The zero-order chi connectivity index (χ0) is 20.5. The standard InChI is InChI=1S/C23H19N3O2S2/c1-28-16-12-10-15(11-13-16)23-26(21(27)14-29-23)25-22-17-6-2-4-8-19(17)30-20-9-5-3-7-18(20)24-22/h2-13,23H,14H2,1H3,(H,24,25). The normalized spacial score (nSPS) is 17.6. The predicted molar refractivity (Wildman–Crippen MR) is 121 cm³/mol. The molecule has 3 aromatic carbocycles. The molecule has 150 valence electrons. The number of methoxy groups -OCH3 is 1. The molecule has 0 aromatic heterocycles. The molecule has 1 fully saturated rings. The van der Waals surface area contributed by atoms with Gasteiger partial charge in [0.05, 0.1) is 18.6 Å². The number of fused-ring (bicyclic) bond motifs is 2. The summed E-state index contributed by atoms with van der Waals surface area (Å²) in [6.45, 7) is 0. The summed E-state index contributed by atoms with van der Waals surface area (Å²) in [5.74, 6) is 1.93. The maximum absolute atomic E-state index is 12.8. The van der Waals surface area contributed by atoms with E-state index in [1.54, 1.807) is 35.6 Å². The molecule has 1 N–H and O–H groups in total. The fourth-order valence-corrected chi connectivity index (χ4v) is 5.58. The van der Waals surface area contributed by atoms with Crippen molar-refractivity contribution < 1.29 is 9.53 Å². The Hall–Kier alpha value is -2.90. The third-order valence-electron chi connectivity index (χ3n) is 4.95. The number of benzene rings is 3. The number of aliphatic imine (C=N–C) groups is 1. The molecule has 7 heteroatoms. The first-order valence-corrected chi connectivity index (χ1v) is 11.4. The topological polar surface area (TPSA) is 53.9 Å². The molecule has 2 heterocycles. The van der Waals surface area contributed by atoms with Crippen LogP contribution < -0.4 is 10.2 Å². The minimum atomic E-state index is -0.135. The second-order valence-corrected chi connectivity index (χ2v) is 8.99. The van der Waals surface area contributed by atoms with Crippen molar-refractivity contribution in [3.05, 3.63) is 83.9 Å². The van der Waals surface area contributed by atoms with Crippen molar-refractivity contribution in [2.45, 2.75) is 15.2 Å². The molecule has 3 aromatic rings. The average molecular weight is 434 g/mol. The summed E-state index contributed by atoms with van der Waals surface area (Å²) >= 11 is 3.29. The Morgan fingerprint density at radius 2 is 1.73 bits per heavy atom. The minimum Gasteiger partial charge on any atom is -0.497 e. The molecule has 0 radical (unpaired) electrons. The highest BCUT2D eigenvalue weighted by Crippen LogP contribution is 2.41. The Bertz CT molecular complexity index is 1130. The number of nitrogens with zero attached hydrogens (tertiary/aromatic N) is 2. The lowest BCUT2D eigenvalue weighted by molar-refractivity contribution is -0.129. The van der Waals surface area contributed by atoms with Crippen LogP contribution in [0.15, 0.2) is 87.6 Å². The number of nitrogens with one attached hydrogen (secondary N) is 1. The van der Waals surface area contributed by atoms with E-state index in [0.29, 0.717) is 11.6 Å². The lowest BCUT2D eigenvalue weighted by Crippen LogP contribution is -2.45. The highest BCUT2D eigenvalue weighted by Gasteiger charge is 2.34. The molecule has 5 nitrogen and oxygen atoms in total. The summed E-state index contributed by atoms with van der Waals surface area (Å²) < 4.78 is 5.26. The van der Waals surface area contributed by atoms with E-state index in [1.165, 1.54) is 0 Å². The average Bonchev–Trinajstić information content (AvgIpc) is 3.06. The molecule has 1 atom stereocenters. The van der Waals surface area contributed by atoms with Crippen LogP contribution in [0.2, 0.25) is 0 Å². The number of carbonyl (C=O) groups is 1. The van der Waals surface area contributed by atoms with Crippen LogP contribution >= 0.6 is 23.5 Å². The van der Waals surface area contributed by atoms with Gasteiger partial charge in [-0.05, 0) is 35.9 Å². The van der Waals surface area contributed by atoms with Crippen LogP contribution in [0.3, 0.4) is 0 Å². The van der Waals surface area contributed by atoms with Crippen LogP contribution in [-0.2, 0) is 4.79 Å². The number of hydrogen-bond acceptors (Lipinski definition) is 6. The lowest BCUT2D eigenvalue weighted by Gasteiger charge is -2.26. The number of amidine groups is 1. The number of rotatable bonds is 3. The van der Waals surface area contributed by atoms with Gasteiger partial charge < -0.3 is 4.74 Å². The van der Waals surface area contributed by atoms with E-state index >= 15 is 0 Å². The van der Waals surface area contributed by atoms with E-state index in [0.717, 1.165) is 32.4 Å². The summed E-state index contributed by atoms with van der Waals surface area (Å²) in [6, 6.07) is 24.0. The number of hydrogen-bond donors (Lipinski definition) is 1. The van der Waals surface area contributed by atoms with Gasteiger partial charge in [-0.3, -0.25) is 10.2 Å². The largest absolute Gasteiger partial charge is 0.497 e. The zero-order valence-corrected chi connectivity index (χ0v) is 17.9. The van der Waals surface area contributed by atoms with E-state index in [1.807, 2.05) is 60.7 Å². The molecule has 1 unspecified atom stereocenters. The summed E-state index contributed by atoms with van der Waals surface area (Å²) in [5.41, 5.74) is 6.26. The van der Waals surface area contributed by atoms with E-state index < -0.39 is 0 Å². The SMILES string of the molecule is COc1ccc(C2SCC(=O)N2NC2=Nc3ccccc3Sc3ccccc32)cc1. The third-order valence-corrected chi connectivity index (χ3v) is 7.31. The van der Waals surface area contributed by atoms with Crippen LogP contribution in [-0.4, -0.2) is 29.6 Å². The Kier molecular flexibility index (Phi) is 5.14. The third kappa shape index (κ3) is 3.55. The summed E-state index contributed by atoms with van der Waals surface area (Å²) in [7, 11) is 1.65. The van der Waals surface area contributed by atoms with Gasteiger partial charge >= 0.3 is 0 Å². The molecule has 2 aliphatic heterocycles. The number of para-hydroxylation sites is 1. The van der Waals surface area contributed by atoms with Gasteiger partial charge in [-0.2, -0.15) is 0 Å². The molecule has 1 amide bonds. The van der Waals surface area contributed by atoms with Gasteiger partial charge in [0.1, 0.15) is 11.1 Å². The maximum Gasteiger partial charge on any atom is 0.252 e. The van der Waals surface area contributed by atoms with E-state index in [9.17, 15) is 4.79 Å². The van der Waals surface area contributed by atoms with Crippen molar-refractivity contribution >= 4 is 41.0 Å². The van der Waals surface area contributed by atoms with Crippen molar-refractivity contribution in [3.8, 4) is 5.75 Å². The van der Waals surface area contributed by atoms with Gasteiger partial charge in [0.2, 0.25) is 0 Å². The second-order valence-electron chi connectivity index (χ2n) is 6.84. The van der Waals surface area contributed by atoms with Crippen LogP contribution in [0.4, 0.5) is 5.69 Å². The first kappa shape index (κ1) is 19.1. The number of carbonyl (C=O) groups excluding carboxylic acids is 1. The molecule has 5 rings (SSSR count). The van der Waals surface area contributed by atoms with Crippen molar-refractivity contribution in [1.29, 1.82) is 0 Å². The van der Waals surface area contributed by atoms with Crippen LogP contribution in [0, 0.1) is 0 Å². The first-order chi connectivity index (χ1) is 14.7. The first-order valence-electron chi connectivity index (χ1n) is 9.52. The molecule has 0 bridgehead atoms. The van der Waals surface area contributed by atoms with Gasteiger partial charge in [-0.15, -0.1) is 11.8 Å². The Balaban J connectivity index is 1.52. The van der Waals surface area contributed by atoms with Crippen molar-refractivity contribution in [2.24, 2.45) is 4.99 Å². The van der Waals surface area contributed by atoms with Crippen molar-refractivity contribution in [1.82, 2.24) is 10.4 Å². The predicted octanol–water partition coefficient (Wildman–Crippen LogP) is 5.02. The van der Waals surface area contributed by atoms with Gasteiger partial charge in [-0.25, -0.2) is 10.0 Å². The zero-order valence-electron chi connectivity index (χ0n) is 16.2. The van der Waals surface area contributed by atoms with E-state index in [-0.39, 0.29) is 11.3 Å². The molecule has 1 saturated heterocycles. The molecule has 30 heavy (non-hydrogen) atoms. The molecule has 0 aliphatic carbocycles. The van der Waals surface area contributed by atoms with Gasteiger partial charge in [0, 0.05) is 15.4 Å². The van der Waals surface area contributed by atoms with Gasteiger partial charge in [0.15, 0.2) is 5.84 Å². The molecule has 0 saturated carbocycles. The summed E-state index contributed by atoms with van der Waals surface area (Å²) in [4.78, 5) is 19.9. The fourth-order valence-electron chi connectivity index (χ4n) is 3.45. The smallest absolute Gasteiger partial charge is 0.252 e. The molecule has 2 aliphatic rings. The second kappa shape index (κ2) is 8.08. The summed E-state index contributed by atoms with van der Waals surface area (Å²) in [6.07, 6.45) is 0. The fraction of sp³-hybridized carbons (Fsp3) is 0.130. The molecular formula is C23H19N3O2S2. The van der Waals surface area contributed by atoms with Gasteiger partial charge in [-0.1, -0.05) is 54.2 Å². The van der Waals surface area contributed by atoms with Crippen LogP contribution in [0.25, 0.3) is 0 Å². The Labute approximate surface area is 183 Å². The highest BCUT2D eigenvalue weighted by molar-refractivity contribution is 8.00.